The van der Waals surface area contributed by atoms with Crippen LogP contribution in [0.15, 0.2) is 24.3 Å². The van der Waals surface area contributed by atoms with Crippen LogP contribution in [0.1, 0.15) is 29.8 Å². The third-order valence-corrected chi connectivity index (χ3v) is 2.65. The van der Waals surface area contributed by atoms with E-state index in [1.165, 1.54) is 5.56 Å². The van der Waals surface area contributed by atoms with Gasteiger partial charge in [0.1, 0.15) is 0 Å². The molecule has 0 atom stereocenters. The molecule has 88 valence electrons. The summed E-state index contributed by atoms with van der Waals surface area (Å²) in [5.41, 5.74) is 1.91. The molecule has 0 unspecified atom stereocenters. The number of hydrogen-bond donors (Lipinski definition) is 1. The molecule has 3 nitrogen and oxygen atoms in total. The zero-order valence-corrected chi connectivity index (χ0v) is 9.94. The van der Waals surface area contributed by atoms with Crippen molar-refractivity contribution in [3.05, 3.63) is 35.4 Å². The monoisotopic (exact) mass is 221 g/mol. The highest BCUT2D eigenvalue weighted by molar-refractivity contribution is 5.94. The Morgan fingerprint density at radius 3 is 2.31 bits per heavy atom. The zero-order valence-electron chi connectivity index (χ0n) is 9.94. The van der Waals surface area contributed by atoms with E-state index in [1.807, 2.05) is 31.2 Å². The Hall–Kier alpha value is -1.35. The number of aryl methyl sites for hydroxylation is 1. The number of hydrogen-bond acceptors (Lipinski definition) is 2. The van der Waals surface area contributed by atoms with Gasteiger partial charge in [-0.2, -0.15) is 0 Å². The minimum atomic E-state index is -0.0146. The van der Waals surface area contributed by atoms with E-state index in [0.717, 1.165) is 6.42 Å². The Balaban J connectivity index is 2.78. The molecule has 0 bridgehead atoms. The summed E-state index contributed by atoms with van der Waals surface area (Å²) in [6.07, 6.45) is 0.975. The predicted molar refractivity (Wildman–Crippen MR) is 64.5 cm³/mol. The van der Waals surface area contributed by atoms with E-state index in [0.29, 0.717) is 18.7 Å². The average molecular weight is 221 g/mol. The summed E-state index contributed by atoms with van der Waals surface area (Å²) >= 11 is 0. The predicted octanol–water partition coefficient (Wildman–Crippen LogP) is 1.70. The molecule has 0 aliphatic carbocycles. The molecule has 0 aliphatic rings. The minimum Gasteiger partial charge on any atom is -0.395 e. The number of benzene rings is 1. The van der Waals surface area contributed by atoms with E-state index in [2.05, 4.69) is 6.92 Å². The summed E-state index contributed by atoms with van der Waals surface area (Å²) in [4.78, 5) is 13.6. The Morgan fingerprint density at radius 1 is 1.25 bits per heavy atom. The van der Waals surface area contributed by atoms with Crippen molar-refractivity contribution in [1.82, 2.24) is 4.90 Å². The largest absolute Gasteiger partial charge is 0.395 e. The highest BCUT2D eigenvalue weighted by Crippen LogP contribution is 2.08. The average Bonchev–Trinajstić information content (AvgIpc) is 2.35. The third-order valence-electron chi connectivity index (χ3n) is 2.65. The summed E-state index contributed by atoms with van der Waals surface area (Å²) in [7, 11) is 0. The van der Waals surface area contributed by atoms with Crippen LogP contribution in [0, 0.1) is 0 Å². The first-order valence-electron chi connectivity index (χ1n) is 5.72. The van der Waals surface area contributed by atoms with E-state index < -0.39 is 0 Å². The maximum Gasteiger partial charge on any atom is 0.253 e. The SMILES string of the molecule is CCc1ccc(C(=O)N(CC)CCO)cc1. The first kappa shape index (κ1) is 12.7. The van der Waals surface area contributed by atoms with Gasteiger partial charge in [0.25, 0.3) is 5.91 Å². The lowest BCUT2D eigenvalue weighted by Gasteiger charge is -2.19. The van der Waals surface area contributed by atoms with E-state index in [-0.39, 0.29) is 12.5 Å². The van der Waals surface area contributed by atoms with Crippen molar-refractivity contribution in [2.45, 2.75) is 20.3 Å². The van der Waals surface area contributed by atoms with Crippen molar-refractivity contribution >= 4 is 5.91 Å². The molecular formula is C13H19NO2. The number of rotatable bonds is 5. The van der Waals surface area contributed by atoms with Gasteiger partial charge < -0.3 is 10.0 Å². The summed E-state index contributed by atoms with van der Waals surface area (Å²) in [5, 5.41) is 8.85. The van der Waals surface area contributed by atoms with Crippen molar-refractivity contribution in [2.24, 2.45) is 0 Å². The Bertz CT molecular complexity index is 332. The van der Waals surface area contributed by atoms with Crippen LogP contribution in [0.3, 0.4) is 0 Å². The third kappa shape index (κ3) is 3.07. The second kappa shape index (κ2) is 6.28. The van der Waals surface area contributed by atoms with Gasteiger partial charge in [0, 0.05) is 18.7 Å². The molecule has 0 saturated carbocycles. The maximum absolute atomic E-state index is 12.0. The van der Waals surface area contributed by atoms with Crippen LogP contribution >= 0.6 is 0 Å². The maximum atomic E-state index is 12.0. The molecule has 0 heterocycles. The number of aliphatic hydroxyl groups excluding tert-OH is 1. The van der Waals surface area contributed by atoms with E-state index in [9.17, 15) is 4.79 Å². The second-order valence-corrected chi connectivity index (χ2v) is 3.66. The van der Waals surface area contributed by atoms with Crippen LogP contribution in [0.4, 0.5) is 0 Å². The highest BCUT2D eigenvalue weighted by Gasteiger charge is 2.12. The van der Waals surface area contributed by atoms with Gasteiger partial charge in [-0.25, -0.2) is 0 Å². The number of carbonyl (C=O) groups is 1. The lowest BCUT2D eigenvalue weighted by atomic mass is 10.1. The lowest BCUT2D eigenvalue weighted by Crippen LogP contribution is -2.33. The van der Waals surface area contributed by atoms with Gasteiger partial charge in [0.2, 0.25) is 0 Å². The van der Waals surface area contributed by atoms with Crippen LogP contribution in [0.2, 0.25) is 0 Å². The fraction of sp³-hybridized carbons (Fsp3) is 0.462. The molecule has 3 heteroatoms. The van der Waals surface area contributed by atoms with Gasteiger partial charge in [-0.1, -0.05) is 19.1 Å². The number of likely N-dealkylation sites (N-methyl/N-ethyl adjacent to an activating group) is 1. The molecule has 0 aliphatic heterocycles. The van der Waals surface area contributed by atoms with E-state index >= 15 is 0 Å². The molecule has 16 heavy (non-hydrogen) atoms. The number of carbonyl (C=O) groups excluding carboxylic acids is 1. The first-order chi connectivity index (χ1) is 7.72. The van der Waals surface area contributed by atoms with E-state index in [4.69, 9.17) is 5.11 Å². The van der Waals surface area contributed by atoms with Gasteiger partial charge in [-0.05, 0) is 31.0 Å². The molecular weight excluding hydrogens is 202 g/mol. The molecule has 1 amide bonds. The molecule has 0 fully saturated rings. The summed E-state index contributed by atoms with van der Waals surface area (Å²) in [6.45, 7) is 5.02. The van der Waals surface area contributed by atoms with Crippen molar-refractivity contribution in [3.8, 4) is 0 Å². The highest BCUT2D eigenvalue weighted by atomic mass is 16.3. The summed E-state index contributed by atoms with van der Waals surface area (Å²) in [5.74, 6) is -0.0146. The molecule has 1 N–H and O–H groups in total. The lowest BCUT2D eigenvalue weighted by molar-refractivity contribution is 0.0732. The number of amides is 1. The summed E-state index contributed by atoms with van der Waals surface area (Å²) in [6, 6.07) is 7.64. The van der Waals surface area contributed by atoms with Gasteiger partial charge in [-0.15, -0.1) is 0 Å². The molecule has 0 spiro atoms. The Morgan fingerprint density at radius 2 is 1.88 bits per heavy atom. The van der Waals surface area contributed by atoms with Crippen molar-refractivity contribution in [2.75, 3.05) is 19.7 Å². The van der Waals surface area contributed by atoms with Crippen LogP contribution in [0.25, 0.3) is 0 Å². The first-order valence-corrected chi connectivity index (χ1v) is 5.72. The fourth-order valence-corrected chi connectivity index (χ4v) is 1.59. The quantitative estimate of drug-likeness (QED) is 0.822. The Labute approximate surface area is 96.7 Å². The molecule has 0 saturated heterocycles. The van der Waals surface area contributed by atoms with Gasteiger partial charge in [0.05, 0.1) is 6.61 Å². The molecule has 0 radical (unpaired) electrons. The number of nitrogens with zero attached hydrogens (tertiary/aromatic N) is 1. The standard InChI is InChI=1S/C13H19NO2/c1-3-11-5-7-12(8-6-11)13(16)14(4-2)9-10-15/h5-8,15H,3-4,9-10H2,1-2H3. The van der Waals surface area contributed by atoms with Crippen LogP contribution < -0.4 is 0 Å². The summed E-state index contributed by atoms with van der Waals surface area (Å²) < 4.78 is 0. The van der Waals surface area contributed by atoms with Crippen molar-refractivity contribution in [3.63, 3.8) is 0 Å². The smallest absolute Gasteiger partial charge is 0.253 e. The van der Waals surface area contributed by atoms with Crippen molar-refractivity contribution < 1.29 is 9.90 Å². The number of aliphatic hydroxyl groups is 1. The van der Waals surface area contributed by atoms with Crippen molar-refractivity contribution in [1.29, 1.82) is 0 Å². The van der Waals surface area contributed by atoms with Crippen LogP contribution in [0.5, 0.6) is 0 Å². The Kier molecular flexibility index (Phi) is 4.99. The topological polar surface area (TPSA) is 40.5 Å². The van der Waals surface area contributed by atoms with Gasteiger partial charge >= 0.3 is 0 Å². The van der Waals surface area contributed by atoms with Crippen LogP contribution in [-0.4, -0.2) is 35.6 Å². The minimum absolute atomic E-state index is 0.00657. The molecule has 0 aromatic heterocycles. The molecule has 1 aromatic carbocycles. The second-order valence-electron chi connectivity index (χ2n) is 3.66. The van der Waals surface area contributed by atoms with E-state index in [1.54, 1.807) is 4.90 Å². The fourth-order valence-electron chi connectivity index (χ4n) is 1.59. The normalized spacial score (nSPS) is 10.2. The molecule has 1 aromatic rings. The molecule has 1 rings (SSSR count). The van der Waals surface area contributed by atoms with Crippen LogP contribution in [-0.2, 0) is 6.42 Å². The van der Waals surface area contributed by atoms with Gasteiger partial charge in [-0.3, -0.25) is 4.79 Å². The zero-order chi connectivity index (χ0) is 12.0. The van der Waals surface area contributed by atoms with Gasteiger partial charge in [0.15, 0.2) is 0 Å².